The number of rotatable bonds is 6. The maximum Gasteiger partial charge on any atom is 0.321 e. The zero-order valence-electron chi connectivity index (χ0n) is 12.8. The minimum Gasteiger partial charge on any atom is -0.465 e. The van der Waals surface area contributed by atoms with E-state index in [0.29, 0.717) is 31.2 Å². The molecule has 0 saturated carbocycles. The molecule has 7 heteroatoms. The molecule has 1 saturated heterocycles. The molecule has 1 aliphatic rings. The van der Waals surface area contributed by atoms with Crippen LogP contribution in [0.4, 0.5) is 0 Å². The fourth-order valence-corrected chi connectivity index (χ4v) is 4.98. The highest BCUT2D eigenvalue weighted by Crippen LogP contribution is 2.38. The lowest BCUT2D eigenvalue weighted by Gasteiger charge is -2.24. The van der Waals surface area contributed by atoms with Gasteiger partial charge in [0.15, 0.2) is 5.82 Å². The summed E-state index contributed by atoms with van der Waals surface area (Å²) in [6, 6.07) is 0. The molecule has 0 bridgehead atoms. The third-order valence-corrected chi connectivity index (χ3v) is 6.58. The second-order valence-corrected chi connectivity index (χ2v) is 7.36. The van der Waals surface area contributed by atoms with Gasteiger partial charge < -0.3 is 9.26 Å². The van der Waals surface area contributed by atoms with Gasteiger partial charge in [0, 0.05) is 17.3 Å². The predicted molar refractivity (Wildman–Crippen MR) is 85.7 cm³/mol. The van der Waals surface area contributed by atoms with E-state index >= 15 is 0 Å². The molecule has 0 spiro atoms. The molecule has 2 rings (SSSR count). The van der Waals surface area contributed by atoms with Crippen LogP contribution < -0.4 is 0 Å². The molecule has 1 atom stereocenters. The number of carbonyl (C=O) groups is 1. The summed E-state index contributed by atoms with van der Waals surface area (Å²) >= 11 is 3.76. The van der Waals surface area contributed by atoms with E-state index in [4.69, 9.17) is 9.26 Å². The van der Waals surface area contributed by atoms with Gasteiger partial charge in [-0.3, -0.25) is 4.79 Å². The third kappa shape index (κ3) is 3.39. The van der Waals surface area contributed by atoms with Crippen molar-refractivity contribution in [3.8, 4) is 0 Å². The first-order valence-corrected chi connectivity index (χ1v) is 9.58. The Morgan fingerprint density at radius 3 is 2.71 bits per heavy atom. The molecular weight excluding hydrogens is 308 g/mol. The van der Waals surface area contributed by atoms with Crippen molar-refractivity contribution < 1.29 is 14.1 Å². The Morgan fingerprint density at radius 2 is 2.14 bits per heavy atom. The Labute approximate surface area is 134 Å². The number of hydrogen-bond acceptors (Lipinski definition) is 7. The van der Waals surface area contributed by atoms with Gasteiger partial charge in [0.25, 0.3) is 0 Å². The Bertz CT molecular complexity index is 469. The first kappa shape index (κ1) is 16.7. The molecule has 1 fully saturated rings. The first-order valence-electron chi connectivity index (χ1n) is 7.38. The van der Waals surface area contributed by atoms with Crippen molar-refractivity contribution in [1.82, 2.24) is 10.1 Å². The van der Waals surface area contributed by atoms with Crippen LogP contribution in [0.15, 0.2) is 4.52 Å². The molecule has 1 aromatic rings. The van der Waals surface area contributed by atoms with Crippen LogP contribution in [0, 0.1) is 0 Å². The van der Waals surface area contributed by atoms with Gasteiger partial charge in [0.2, 0.25) is 5.89 Å². The molecule has 1 aromatic heterocycles. The van der Waals surface area contributed by atoms with E-state index in [1.807, 2.05) is 44.3 Å². The average molecular weight is 330 g/mol. The first-order chi connectivity index (χ1) is 10.2. The van der Waals surface area contributed by atoms with Crippen molar-refractivity contribution in [1.29, 1.82) is 0 Å². The summed E-state index contributed by atoms with van der Waals surface area (Å²) in [6.07, 6.45) is 1.19. The number of carbonyl (C=O) groups excluding carboxylic acids is 1. The van der Waals surface area contributed by atoms with Gasteiger partial charge in [-0.25, -0.2) is 0 Å². The topological polar surface area (TPSA) is 65.2 Å². The summed E-state index contributed by atoms with van der Waals surface area (Å²) in [6.45, 7) is 6.07. The van der Waals surface area contributed by atoms with Crippen molar-refractivity contribution in [3.63, 3.8) is 0 Å². The Morgan fingerprint density at radius 1 is 1.38 bits per heavy atom. The van der Waals surface area contributed by atoms with Crippen LogP contribution in [0.3, 0.4) is 0 Å². The maximum atomic E-state index is 12.4. The molecule has 0 N–H and O–H groups in total. The van der Waals surface area contributed by atoms with Gasteiger partial charge in [-0.15, -0.1) is 11.8 Å². The highest BCUT2D eigenvalue weighted by molar-refractivity contribution is 8.06. The van der Waals surface area contributed by atoms with Gasteiger partial charge in [-0.05, 0) is 19.8 Å². The second-order valence-electron chi connectivity index (χ2n) is 4.90. The molecule has 0 aliphatic carbocycles. The lowest BCUT2D eigenvalue weighted by molar-refractivity contribution is -0.151. The van der Waals surface area contributed by atoms with E-state index in [9.17, 15) is 4.79 Å². The normalized spacial score (nSPS) is 19.5. The summed E-state index contributed by atoms with van der Waals surface area (Å²) in [5.74, 6) is 4.10. The second kappa shape index (κ2) is 7.54. The van der Waals surface area contributed by atoms with Crippen LogP contribution in [0.2, 0.25) is 0 Å². The SMILES string of the molecule is CCOC(=O)C(CC)(CC)c1nc(C2CSCCS2)no1. The van der Waals surface area contributed by atoms with Crippen LogP contribution in [0.25, 0.3) is 0 Å². The Kier molecular flexibility index (Phi) is 5.98. The smallest absolute Gasteiger partial charge is 0.321 e. The van der Waals surface area contributed by atoms with Crippen molar-refractivity contribution in [3.05, 3.63) is 11.7 Å². The highest BCUT2D eigenvalue weighted by atomic mass is 32.2. The van der Waals surface area contributed by atoms with E-state index < -0.39 is 5.41 Å². The molecule has 21 heavy (non-hydrogen) atoms. The Hall–Kier alpha value is -0.690. The van der Waals surface area contributed by atoms with E-state index in [0.717, 1.165) is 11.5 Å². The molecule has 1 unspecified atom stereocenters. The number of thioether (sulfide) groups is 2. The van der Waals surface area contributed by atoms with Gasteiger partial charge >= 0.3 is 5.97 Å². The quantitative estimate of drug-likeness (QED) is 0.742. The molecule has 2 heterocycles. The van der Waals surface area contributed by atoms with Crippen molar-refractivity contribution in [2.24, 2.45) is 0 Å². The largest absolute Gasteiger partial charge is 0.465 e. The number of esters is 1. The lowest BCUT2D eigenvalue weighted by atomic mass is 9.82. The standard InChI is InChI=1S/C14H22N2O3S2/c1-4-14(5-2,13(17)18-6-3)12-15-11(16-19-12)10-9-20-7-8-21-10/h10H,4-9H2,1-3H3. The lowest BCUT2D eigenvalue weighted by Crippen LogP contribution is -2.37. The van der Waals surface area contributed by atoms with Crippen LogP contribution in [0.1, 0.15) is 50.6 Å². The van der Waals surface area contributed by atoms with Gasteiger partial charge in [0.05, 0.1) is 11.9 Å². The van der Waals surface area contributed by atoms with Gasteiger partial charge in [-0.2, -0.15) is 16.7 Å². The number of hydrogen-bond donors (Lipinski definition) is 0. The number of ether oxygens (including phenoxy) is 1. The van der Waals surface area contributed by atoms with E-state index in [-0.39, 0.29) is 11.2 Å². The molecule has 0 radical (unpaired) electrons. The number of aromatic nitrogens is 2. The van der Waals surface area contributed by atoms with Gasteiger partial charge in [0.1, 0.15) is 5.41 Å². The zero-order valence-corrected chi connectivity index (χ0v) is 14.4. The molecule has 1 aliphatic heterocycles. The minimum absolute atomic E-state index is 0.259. The van der Waals surface area contributed by atoms with Crippen molar-refractivity contribution >= 4 is 29.5 Å². The fourth-order valence-electron chi connectivity index (χ4n) is 2.39. The summed E-state index contributed by atoms with van der Waals surface area (Å²) in [7, 11) is 0. The third-order valence-electron chi connectivity index (χ3n) is 3.83. The van der Waals surface area contributed by atoms with Crippen LogP contribution in [-0.4, -0.2) is 40.0 Å². The fraction of sp³-hybridized carbons (Fsp3) is 0.786. The van der Waals surface area contributed by atoms with Gasteiger partial charge in [-0.1, -0.05) is 19.0 Å². The molecule has 118 valence electrons. The minimum atomic E-state index is -0.812. The van der Waals surface area contributed by atoms with E-state index in [1.54, 1.807) is 0 Å². The summed E-state index contributed by atoms with van der Waals surface area (Å²) < 4.78 is 10.7. The van der Waals surface area contributed by atoms with Crippen molar-refractivity contribution in [2.45, 2.75) is 44.3 Å². The zero-order chi connectivity index (χ0) is 15.3. The monoisotopic (exact) mass is 330 g/mol. The molecule has 5 nitrogen and oxygen atoms in total. The summed E-state index contributed by atoms with van der Waals surface area (Å²) in [5.41, 5.74) is -0.812. The van der Waals surface area contributed by atoms with Crippen LogP contribution in [-0.2, 0) is 14.9 Å². The van der Waals surface area contributed by atoms with Crippen LogP contribution >= 0.6 is 23.5 Å². The maximum absolute atomic E-state index is 12.4. The van der Waals surface area contributed by atoms with Crippen molar-refractivity contribution in [2.75, 3.05) is 23.9 Å². The average Bonchev–Trinajstić information content (AvgIpc) is 3.01. The molecular formula is C14H22N2O3S2. The van der Waals surface area contributed by atoms with E-state index in [1.165, 1.54) is 5.75 Å². The van der Waals surface area contributed by atoms with E-state index in [2.05, 4.69) is 10.1 Å². The summed E-state index contributed by atoms with van der Waals surface area (Å²) in [4.78, 5) is 16.9. The van der Waals surface area contributed by atoms with Crippen LogP contribution in [0.5, 0.6) is 0 Å². The highest BCUT2D eigenvalue weighted by Gasteiger charge is 2.44. The Balaban J connectivity index is 2.24. The molecule has 0 amide bonds. The summed E-state index contributed by atoms with van der Waals surface area (Å²) in [5, 5.41) is 4.38. The number of nitrogens with zero attached hydrogens (tertiary/aromatic N) is 2. The predicted octanol–water partition coefficient (Wildman–Crippen LogP) is 3.21. The molecule has 0 aromatic carbocycles.